The summed E-state index contributed by atoms with van der Waals surface area (Å²) in [5.74, 6) is 1.15. The van der Waals surface area contributed by atoms with Gasteiger partial charge in [-0.05, 0) is 37.2 Å². The lowest BCUT2D eigenvalue weighted by molar-refractivity contribution is 0.122. The number of nitrogens with zero attached hydrogens (tertiary/aromatic N) is 6. The molecular formula is C24H33N7O3S. The molecule has 0 bridgehead atoms. The van der Waals surface area contributed by atoms with Gasteiger partial charge in [-0.1, -0.05) is 13.8 Å². The summed E-state index contributed by atoms with van der Waals surface area (Å²) in [5.41, 5.74) is 3.98. The molecule has 1 N–H and O–H groups in total. The average Bonchev–Trinajstić information content (AvgIpc) is 3.32. The maximum atomic E-state index is 12.9. The van der Waals surface area contributed by atoms with Crippen LogP contribution in [0.1, 0.15) is 32.4 Å². The zero-order chi connectivity index (χ0) is 24.4. The molecule has 5 heterocycles. The average molecular weight is 500 g/mol. The number of H-pyrrole nitrogens is 1. The summed E-state index contributed by atoms with van der Waals surface area (Å²) in [6, 6.07) is 1.90. The van der Waals surface area contributed by atoms with Gasteiger partial charge in [0.05, 0.1) is 36.6 Å². The van der Waals surface area contributed by atoms with E-state index in [0.29, 0.717) is 38.7 Å². The molecule has 0 amide bonds. The van der Waals surface area contributed by atoms with E-state index in [-0.39, 0.29) is 17.6 Å². The first-order valence-electron chi connectivity index (χ1n) is 12.4. The van der Waals surface area contributed by atoms with Crippen molar-refractivity contribution in [1.82, 2.24) is 29.2 Å². The monoisotopic (exact) mass is 499 g/mol. The molecule has 0 aromatic carbocycles. The number of aromatic amines is 1. The van der Waals surface area contributed by atoms with Crippen molar-refractivity contribution >= 4 is 27.1 Å². The number of ether oxygens (including phenoxy) is 1. The molecule has 2 aliphatic heterocycles. The number of hydrogen-bond acceptors (Lipinski definition) is 8. The fraction of sp³-hybridized carbons (Fsp3) is 0.583. The van der Waals surface area contributed by atoms with Gasteiger partial charge in [-0.25, -0.2) is 32.7 Å². The van der Waals surface area contributed by atoms with Crippen molar-refractivity contribution in [2.24, 2.45) is 11.8 Å². The summed E-state index contributed by atoms with van der Waals surface area (Å²) in [5, 5.41) is 0. The maximum absolute atomic E-state index is 12.9. The van der Waals surface area contributed by atoms with Gasteiger partial charge in [0.15, 0.2) is 5.65 Å². The van der Waals surface area contributed by atoms with Gasteiger partial charge in [0.2, 0.25) is 16.0 Å². The second-order valence-corrected chi connectivity index (χ2v) is 11.9. The Balaban J connectivity index is 1.45. The highest BCUT2D eigenvalue weighted by Crippen LogP contribution is 2.29. The normalized spacial score (nSPS) is 20.1. The quantitative estimate of drug-likeness (QED) is 0.527. The van der Waals surface area contributed by atoms with E-state index >= 15 is 0 Å². The highest BCUT2D eigenvalue weighted by atomic mass is 32.2. The molecule has 188 valence electrons. The van der Waals surface area contributed by atoms with Crippen LogP contribution in [0, 0.1) is 11.8 Å². The lowest BCUT2D eigenvalue weighted by atomic mass is 9.92. The van der Waals surface area contributed by atoms with Crippen LogP contribution >= 0.6 is 0 Å². The van der Waals surface area contributed by atoms with Crippen LogP contribution in [0.2, 0.25) is 0 Å². The third-order valence-electron chi connectivity index (χ3n) is 6.59. The number of fused-ring (bicyclic) bond motifs is 1. The molecule has 10 nitrogen and oxygen atoms in total. The van der Waals surface area contributed by atoms with Crippen LogP contribution in [-0.4, -0.2) is 82.8 Å². The molecule has 11 heteroatoms. The minimum Gasteiger partial charge on any atom is -0.378 e. The predicted molar refractivity (Wildman–Crippen MR) is 135 cm³/mol. The number of aromatic nitrogens is 5. The standard InChI is InChI=1S/C24H33N7O3S/c1-17(2)16-35(32,33)31-7-3-4-18(15-31)12-21-19(22-14-26-23-20(28-22)5-6-25-23)13-27-24(29-21)30-8-10-34-11-9-30/h5-6,13-14,17-18H,3-4,7-12,15-16H2,1-2H3,(H,25,26)/t18-/m1/s1. The van der Waals surface area contributed by atoms with E-state index in [4.69, 9.17) is 14.7 Å². The van der Waals surface area contributed by atoms with E-state index in [2.05, 4.69) is 19.9 Å². The number of morpholine rings is 1. The van der Waals surface area contributed by atoms with Crippen LogP contribution in [-0.2, 0) is 21.2 Å². The Hall–Kier alpha value is -2.63. The van der Waals surface area contributed by atoms with Crippen LogP contribution in [0.5, 0.6) is 0 Å². The van der Waals surface area contributed by atoms with E-state index < -0.39 is 10.0 Å². The van der Waals surface area contributed by atoms with Gasteiger partial charge in [-0.15, -0.1) is 0 Å². The Bertz CT molecular complexity index is 1270. The molecule has 0 aliphatic carbocycles. The van der Waals surface area contributed by atoms with Crippen molar-refractivity contribution in [2.45, 2.75) is 33.1 Å². The summed E-state index contributed by atoms with van der Waals surface area (Å²) >= 11 is 0. The topological polar surface area (TPSA) is 117 Å². The lowest BCUT2D eigenvalue weighted by Crippen LogP contribution is -2.42. The maximum Gasteiger partial charge on any atom is 0.225 e. The second kappa shape index (κ2) is 10.2. The van der Waals surface area contributed by atoms with Crippen molar-refractivity contribution < 1.29 is 13.2 Å². The Kier molecular flexibility index (Phi) is 6.99. The number of hydrogen-bond donors (Lipinski definition) is 1. The molecule has 3 aromatic heterocycles. The highest BCUT2D eigenvalue weighted by Gasteiger charge is 2.30. The Morgan fingerprint density at radius 2 is 1.97 bits per heavy atom. The van der Waals surface area contributed by atoms with E-state index in [1.807, 2.05) is 32.3 Å². The molecule has 2 aliphatic rings. The second-order valence-electron chi connectivity index (χ2n) is 9.84. The molecule has 2 fully saturated rings. The number of piperidine rings is 1. The van der Waals surface area contributed by atoms with Gasteiger partial charge in [-0.3, -0.25) is 0 Å². The molecule has 35 heavy (non-hydrogen) atoms. The zero-order valence-electron chi connectivity index (χ0n) is 20.4. The van der Waals surface area contributed by atoms with Crippen LogP contribution < -0.4 is 4.90 Å². The first kappa shape index (κ1) is 24.1. The predicted octanol–water partition coefficient (Wildman–Crippen LogP) is 2.49. The minimum absolute atomic E-state index is 0.104. The first-order chi connectivity index (χ1) is 16.9. The van der Waals surface area contributed by atoms with Crippen LogP contribution in [0.3, 0.4) is 0 Å². The van der Waals surface area contributed by atoms with Crippen molar-refractivity contribution in [1.29, 1.82) is 0 Å². The molecule has 3 aromatic rings. The van der Waals surface area contributed by atoms with E-state index in [0.717, 1.165) is 54.0 Å². The molecule has 0 unspecified atom stereocenters. The van der Waals surface area contributed by atoms with Crippen LogP contribution in [0.15, 0.2) is 24.7 Å². The molecule has 0 saturated carbocycles. The van der Waals surface area contributed by atoms with Gasteiger partial charge in [0, 0.05) is 44.1 Å². The SMILES string of the molecule is CC(C)CS(=O)(=O)N1CCC[C@H](Cc2nc(N3CCOCC3)ncc2-c2cnc3[nH]ccc3n2)C1. The minimum atomic E-state index is -3.26. The number of sulfonamides is 1. The summed E-state index contributed by atoms with van der Waals surface area (Å²) in [6.07, 6.45) is 7.89. The van der Waals surface area contributed by atoms with E-state index in [1.54, 1.807) is 10.5 Å². The van der Waals surface area contributed by atoms with Gasteiger partial charge >= 0.3 is 0 Å². The fourth-order valence-corrected chi connectivity index (χ4v) is 6.80. The smallest absolute Gasteiger partial charge is 0.225 e. The largest absolute Gasteiger partial charge is 0.378 e. The Morgan fingerprint density at radius 1 is 1.14 bits per heavy atom. The number of rotatable bonds is 7. The van der Waals surface area contributed by atoms with Crippen molar-refractivity contribution in [3.63, 3.8) is 0 Å². The molecule has 5 rings (SSSR count). The molecule has 1 atom stereocenters. The number of nitrogens with one attached hydrogen (secondary N) is 1. The summed E-state index contributed by atoms with van der Waals surface area (Å²) in [6.45, 7) is 7.81. The molecule has 0 radical (unpaired) electrons. The third-order valence-corrected chi connectivity index (χ3v) is 8.79. The van der Waals surface area contributed by atoms with Crippen molar-refractivity contribution in [2.75, 3.05) is 50.0 Å². The number of anilines is 1. The molecular weight excluding hydrogens is 466 g/mol. The Morgan fingerprint density at radius 3 is 2.77 bits per heavy atom. The van der Waals surface area contributed by atoms with E-state index in [1.165, 1.54) is 0 Å². The van der Waals surface area contributed by atoms with Gasteiger partial charge in [-0.2, -0.15) is 0 Å². The summed E-state index contributed by atoms with van der Waals surface area (Å²) < 4.78 is 33.0. The van der Waals surface area contributed by atoms with Gasteiger partial charge < -0.3 is 14.6 Å². The molecule has 2 saturated heterocycles. The van der Waals surface area contributed by atoms with Gasteiger partial charge in [0.1, 0.15) is 5.52 Å². The molecule has 0 spiro atoms. The first-order valence-corrected chi connectivity index (χ1v) is 14.0. The van der Waals surface area contributed by atoms with Crippen molar-refractivity contribution in [3.8, 4) is 11.3 Å². The zero-order valence-corrected chi connectivity index (χ0v) is 21.2. The fourth-order valence-electron chi connectivity index (χ4n) is 4.90. The highest BCUT2D eigenvalue weighted by molar-refractivity contribution is 7.89. The van der Waals surface area contributed by atoms with Crippen molar-refractivity contribution in [3.05, 3.63) is 30.4 Å². The summed E-state index contributed by atoms with van der Waals surface area (Å²) in [7, 11) is -3.26. The Labute approximate surface area is 206 Å². The van der Waals surface area contributed by atoms with Gasteiger partial charge in [0.25, 0.3) is 0 Å². The lowest BCUT2D eigenvalue weighted by Gasteiger charge is -2.33. The van der Waals surface area contributed by atoms with Crippen LogP contribution in [0.25, 0.3) is 22.4 Å². The van der Waals surface area contributed by atoms with E-state index in [9.17, 15) is 8.42 Å². The summed E-state index contributed by atoms with van der Waals surface area (Å²) in [4.78, 5) is 24.1. The van der Waals surface area contributed by atoms with Crippen LogP contribution in [0.4, 0.5) is 5.95 Å². The third kappa shape index (κ3) is 5.46.